The Hall–Kier alpha value is -1.59. The summed E-state index contributed by atoms with van der Waals surface area (Å²) in [6.45, 7) is 4.84. The average molecular weight is 250 g/mol. The van der Waals surface area contributed by atoms with Crippen LogP contribution in [0.3, 0.4) is 0 Å². The van der Waals surface area contributed by atoms with Gasteiger partial charge in [0.1, 0.15) is 0 Å². The molecule has 1 amide bonds. The zero-order valence-electron chi connectivity index (χ0n) is 10.3. The van der Waals surface area contributed by atoms with Crippen molar-refractivity contribution in [3.63, 3.8) is 0 Å². The first-order valence-electron chi connectivity index (χ1n) is 6.09. The number of carbonyl (C=O) groups is 1. The summed E-state index contributed by atoms with van der Waals surface area (Å²) in [5.41, 5.74) is 2.22. The molecule has 0 aromatic heterocycles. The molecule has 2 rings (SSSR count). The summed E-state index contributed by atoms with van der Waals surface area (Å²) in [4.78, 5) is 12.7. The number of hydrogen-bond donors (Lipinski definition) is 2. The molecule has 2 N–H and O–H groups in total. The molecule has 98 valence electrons. The van der Waals surface area contributed by atoms with Crippen LogP contribution in [-0.4, -0.2) is 42.4 Å². The van der Waals surface area contributed by atoms with E-state index in [1.165, 1.54) is 5.56 Å². The van der Waals surface area contributed by atoms with E-state index in [1.807, 2.05) is 24.3 Å². The van der Waals surface area contributed by atoms with Gasteiger partial charge in [-0.1, -0.05) is 24.3 Å². The Morgan fingerprint density at radius 2 is 1.83 bits per heavy atom. The molecule has 0 atom stereocenters. The van der Waals surface area contributed by atoms with Crippen LogP contribution < -0.4 is 5.32 Å². The van der Waals surface area contributed by atoms with Gasteiger partial charge in [0.05, 0.1) is 13.2 Å². The summed E-state index contributed by atoms with van der Waals surface area (Å²) >= 11 is 0. The fourth-order valence-electron chi connectivity index (χ4n) is 1.96. The van der Waals surface area contributed by atoms with Crippen LogP contribution in [0.15, 0.2) is 24.3 Å². The minimum atomic E-state index is -0.993. The van der Waals surface area contributed by atoms with Crippen molar-refractivity contribution in [3.05, 3.63) is 35.4 Å². The lowest BCUT2D eigenvalue weighted by Gasteiger charge is -2.26. The van der Waals surface area contributed by atoms with E-state index in [9.17, 15) is 4.79 Å². The predicted molar refractivity (Wildman–Crippen MR) is 67.4 cm³/mol. The maximum Gasteiger partial charge on any atom is 0.404 e. The molecule has 0 bridgehead atoms. The zero-order valence-corrected chi connectivity index (χ0v) is 10.3. The van der Waals surface area contributed by atoms with E-state index in [4.69, 9.17) is 9.84 Å². The molecule has 0 radical (unpaired) electrons. The van der Waals surface area contributed by atoms with E-state index in [-0.39, 0.29) is 0 Å². The number of benzene rings is 1. The summed E-state index contributed by atoms with van der Waals surface area (Å²) in [5, 5.41) is 10.9. The number of rotatable bonds is 4. The maximum atomic E-state index is 10.4. The van der Waals surface area contributed by atoms with E-state index in [2.05, 4.69) is 10.2 Å². The van der Waals surface area contributed by atoms with Crippen LogP contribution >= 0.6 is 0 Å². The molecule has 1 fully saturated rings. The third-order valence-corrected chi connectivity index (χ3v) is 2.98. The molecule has 1 saturated heterocycles. The van der Waals surface area contributed by atoms with E-state index >= 15 is 0 Å². The highest BCUT2D eigenvalue weighted by Gasteiger charge is 2.10. The lowest BCUT2D eigenvalue weighted by Crippen LogP contribution is -2.35. The van der Waals surface area contributed by atoms with Crippen molar-refractivity contribution >= 4 is 6.09 Å². The normalized spacial score (nSPS) is 16.4. The number of ether oxygens (including phenoxy) is 1. The summed E-state index contributed by atoms with van der Waals surface area (Å²) in [6, 6.07) is 8.03. The minimum Gasteiger partial charge on any atom is -0.465 e. The lowest BCUT2D eigenvalue weighted by atomic mass is 10.1. The van der Waals surface area contributed by atoms with Gasteiger partial charge < -0.3 is 15.2 Å². The molecular weight excluding hydrogens is 232 g/mol. The standard InChI is InChI=1S/C13H18N2O3/c16-13(17)14-9-11-1-3-12(4-2-11)10-15-5-7-18-8-6-15/h1-4,14H,5-10H2,(H,16,17). The smallest absolute Gasteiger partial charge is 0.404 e. The SMILES string of the molecule is O=C(O)NCc1ccc(CN2CCOCC2)cc1. The predicted octanol–water partition coefficient (Wildman–Crippen LogP) is 1.29. The minimum absolute atomic E-state index is 0.354. The van der Waals surface area contributed by atoms with Crippen molar-refractivity contribution in [2.75, 3.05) is 26.3 Å². The molecule has 0 spiro atoms. The molecule has 5 heteroatoms. The lowest BCUT2D eigenvalue weighted by molar-refractivity contribution is 0.0342. The largest absolute Gasteiger partial charge is 0.465 e. The van der Waals surface area contributed by atoms with E-state index in [0.29, 0.717) is 6.54 Å². The van der Waals surface area contributed by atoms with Crippen molar-refractivity contribution in [3.8, 4) is 0 Å². The third kappa shape index (κ3) is 4.01. The second-order valence-electron chi connectivity index (χ2n) is 4.36. The van der Waals surface area contributed by atoms with Crippen LogP contribution in [-0.2, 0) is 17.8 Å². The Balaban J connectivity index is 1.84. The number of amides is 1. The molecule has 1 aromatic carbocycles. The van der Waals surface area contributed by atoms with Crippen LogP contribution in [0.5, 0.6) is 0 Å². The molecule has 1 heterocycles. The third-order valence-electron chi connectivity index (χ3n) is 2.98. The van der Waals surface area contributed by atoms with Gasteiger partial charge in [-0.3, -0.25) is 4.90 Å². The summed E-state index contributed by atoms with van der Waals surface area (Å²) in [5.74, 6) is 0. The summed E-state index contributed by atoms with van der Waals surface area (Å²) in [7, 11) is 0. The molecule has 18 heavy (non-hydrogen) atoms. The number of hydrogen-bond acceptors (Lipinski definition) is 3. The van der Waals surface area contributed by atoms with Gasteiger partial charge >= 0.3 is 6.09 Å². The second-order valence-corrected chi connectivity index (χ2v) is 4.36. The Kier molecular flexibility index (Phi) is 4.55. The molecule has 0 saturated carbocycles. The molecular formula is C13H18N2O3. The number of morpholine rings is 1. The van der Waals surface area contributed by atoms with Crippen LogP contribution in [0.25, 0.3) is 0 Å². The van der Waals surface area contributed by atoms with Gasteiger partial charge in [-0.2, -0.15) is 0 Å². The summed E-state index contributed by atoms with van der Waals surface area (Å²) < 4.78 is 5.31. The van der Waals surface area contributed by atoms with Crippen LogP contribution in [0, 0.1) is 0 Å². The van der Waals surface area contributed by atoms with Gasteiger partial charge in [0.15, 0.2) is 0 Å². The van der Waals surface area contributed by atoms with Gasteiger partial charge in [-0.15, -0.1) is 0 Å². The first kappa shape index (κ1) is 12.9. The van der Waals surface area contributed by atoms with Crippen molar-refractivity contribution in [2.45, 2.75) is 13.1 Å². The van der Waals surface area contributed by atoms with E-state index in [0.717, 1.165) is 38.4 Å². The topological polar surface area (TPSA) is 61.8 Å². The molecule has 1 aliphatic heterocycles. The van der Waals surface area contributed by atoms with Crippen molar-refractivity contribution in [1.29, 1.82) is 0 Å². The Labute approximate surface area is 106 Å². The van der Waals surface area contributed by atoms with Crippen molar-refractivity contribution in [2.24, 2.45) is 0 Å². The molecule has 0 aliphatic carbocycles. The number of nitrogens with one attached hydrogen (secondary N) is 1. The quantitative estimate of drug-likeness (QED) is 0.845. The van der Waals surface area contributed by atoms with E-state index < -0.39 is 6.09 Å². The number of nitrogens with zero attached hydrogens (tertiary/aromatic N) is 1. The number of carboxylic acid groups (broad SMARTS) is 1. The molecule has 5 nitrogen and oxygen atoms in total. The zero-order chi connectivity index (χ0) is 12.8. The van der Waals surface area contributed by atoms with Gasteiger partial charge in [0.2, 0.25) is 0 Å². The first-order valence-corrected chi connectivity index (χ1v) is 6.09. The molecule has 1 aromatic rings. The van der Waals surface area contributed by atoms with Gasteiger partial charge in [-0.05, 0) is 11.1 Å². The van der Waals surface area contributed by atoms with Crippen LogP contribution in [0.1, 0.15) is 11.1 Å². The first-order chi connectivity index (χ1) is 8.74. The van der Waals surface area contributed by atoms with Crippen molar-refractivity contribution in [1.82, 2.24) is 10.2 Å². The maximum absolute atomic E-state index is 10.4. The van der Waals surface area contributed by atoms with E-state index in [1.54, 1.807) is 0 Å². The van der Waals surface area contributed by atoms with Crippen molar-refractivity contribution < 1.29 is 14.6 Å². The second kappa shape index (κ2) is 6.37. The fraction of sp³-hybridized carbons (Fsp3) is 0.462. The Morgan fingerprint density at radius 1 is 1.22 bits per heavy atom. The average Bonchev–Trinajstić information content (AvgIpc) is 2.39. The van der Waals surface area contributed by atoms with Crippen LogP contribution in [0.4, 0.5) is 4.79 Å². The highest BCUT2D eigenvalue weighted by atomic mass is 16.5. The van der Waals surface area contributed by atoms with Gasteiger partial charge in [0.25, 0.3) is 0 Å². The van der Waals surface area contributed by atoms with Crippen LogP contribution in [0.2, 0.25) is 0 Å². The van der Waals surface area contributed by atoms with Gasteiger partial charge in [-0.25, -0.2) is 4.79 Å². The highest BCUT2D eigenvalue weighted by Crippen LogP contribution is 2.09. The fourth-order valence-corrected chi connectivity index (χ4v) is 1.96. The molecule has 0 unspecified atom stereocenters. The molecule has 1 aliphatic rings. The van der Waals surface area contributed by atoms with Gasteiger partial charge in [0, 0.05) is 26.2 Å². The Morgan fingerprint density at radius 3 is 2.44 bits per heavy atom. The highest BCUT2D eigenvalue weighted by molar-refractivity contribution is 5.64. The summed E-state index contributed by atoms with van der Waals surface area (Å²) in [6.07, 6.45) is -0.993. The monoisotopic (exact) mass is 250 g/mol. The Bertz CT molecular complexity index is 386.